The molecule has 0 saturated heterocycles. The molecular weight excluding hydrogens is 292 g/mol. The van der Waals surface area contributed by atoms with E-state index < -0.39 is 0 Å². The van der Waals surface area contributed by atoms with E-state index in [1.54, 1.807) is 6.07 Å². The van der Waals surface area contributed by atoms with Gasteiger partial charge in [-0.25, -0.2) is 0 Å². The summed E-state index contributed by atoms with van der Waals surface area (Å²) in [5.41, 5.74) is 1.41. The Balaban J connectivity index is 2.11. The third-order valence-electron chi connectivity index (χ3n) is 3.63. The van der Waals surface area contributed by atoms with E-state index >= 15 is 0 Å². The lowest BCUT2D eigenvalue weighted by atomic mass is 10.2. The molecule has 0 radical (unpaired) electrons. The van der Waals surface area contributed by atoms with Gasteiger partial charge in [-0.2, -0.15) is 0 Å². The molecule has 122 valence electrons. The highest BCUT2D eigenvalue weighted by Crippen LogP contribution is 2.10. The second kappa shape index (κ2) is 8.17. The molecule has 0 aliphatic heterocycles. The number of benzene rings is 1. The minimum Gasteiger partial charge on any atom is -0.472 e. The van der Waals surface area contributed by atoms with Gasteiger partial charge in [0, 0.05) is 12.6 Å². The third kappa shape index (κ3) is 4.98. The van der Waals surface area contributed by atoms with E-state index in [1.165, 1.54) is 17.4 Å². The molecule has 0 bridgehead atoms. The quantitative estimate of drug-likeness (QED) is 0.855. The molecule has 1 aromatic heterocycles. The van der Waals surface area contributed by atoms with Crippen LogP contribution in [0.1, 0.15) is 36.2 Å². The van der Waals surface area contributed by atoms with Crippen LogP contribution in [-0.4, -0.2) is 29.3 Å². The van der Waals surface area contributed by atoms with Crippen molar-refractivity contribution < 1.29 is 14.0 Å². The molecule has 0 aliphatic carbocycles. The molecule has 1 atom stereocenters. The Morgan fingerprint density at radius 3 is 2.57 bits per heavy atom. The second-order valence-electron chi connectivity index (χ2n) is 5.54. The Morgan fingerprint density at radius 1 is 1.22 bits per heavy atom. The molecule has 5 heteroatoms. The maximum Gasteiger partial charge on any atom is 0.257 e. The highest BCUT2D eigenvalue weighted by Gasteiger charge is 2.20. The Labute approximate surface area is 136 Å². The molecule has 1 aromatic carbocycles. The van der Waals surface area contributed by atoms with Crippen LogP contribution in [0.5, 0.6) is 0 Å². The second-order valence-corrected chi connectivity index (χ2v) is 5.54. The van der Waals surface area contributed by atoms with Gasteiger partial charge in [0.15, 0.2) is 0 Å². The molecule has 0 fully saturated rings. The fraction of sp³-hybridized carbons (Fsp3) is 0.333. The van der Waals surface area contributed by atoms with Crippen LogP contribution in [0.25, 0.3) is 0 Å². The first kappa shape index (κ1) is 16.8. The van der Waals surface area contributed by atoms with E-state index in [9.17, 15) is 9.59 Å². The molecule has 1 heterocycles. The SMILES string of the molecule is CCC(C)NC(=O)CN(Cc1ccccc1)C(=O)c1ccoc1. The molecule has 1 unspecified atom stereocenters. The van der Waals surface area contributed by atoms with Crippen LogP contribution >= 0.6 is 0 Å². The van der Waals surface area contributed by atoms with Crippen molar-refractivity contribution in [1.82, 2.24) is 10.2 Å². The molecule has 23 heavy (non-hydrogen) atoms. The van der Waals surface area contributed by atoms with Crippen molar-refractivity contribution in [3.05, 3.63) is 60.1 Å². The summed E-state index contributed by atoms with van der Waals surface area (Å²) in [7, 11) is 0. The number of hydrogen-bond donors (Lipinski definition) is 1. The topological polar surface area (TPSA) is 62.6 Å². The van der Waals surface area contributed by atoms with Gasteiger partial charge < -0.3 is 14.6 Å². The Bertz CT molecular complexity index is 623. The van der Waals surface area contributed by atoms with Gasteiger partial charge in [0.2, 0.25) is 5.91 Å². The molecule has 1 N–H and O–H groups in total. The number of hydrogen-bond acceptors (Lipinski definition) is 3. The number of nitrogens with one attached hydrogen (secondary N) is 1. The monoisotopic (exact) mass is 314 g/mol. The van der Waals surface area contributed by atoms with Gasteiger partial charge in [0.1, 0.15) is 12.8 Å². The van der Waals surface area contributed by atoms with Crippen molar-refractivity contribution in [3.8, 4) is 0 Å². The maximum atomic E-state index is 12.6. The lowest BCUT2D eigenvalue weighted by Gasteiger charge is -2.23. The molecule has 0 aliphatic rings. The highest BCUT2D eigenvalue weighted by molar-refractivity contribution is 5.96. The zero-order valence-electron chi connectivity index (χ0n) is 13.5. The van der Waals surface area contributed by atoms with Gasteiger partial charge in [0.25, 0.3) is 5.91 Å². The summed E-state index contributed by atoms with van der Waals surface area (Å²) < 4.78 is 4.97. The lowest BCUT2D eigenvalue weighted by molar-refractivity contribution is -0.122. The average molecular weight is 314 g/mol. The smallest absolute Gasteiger partial charge is 0.257 e. The van der Waals surface area contributed by atoms with E-state index in [0.29, 0.717) is 12.1 Å². The predicted octanol–water partition coefficient (Wildman–Crippen LogP) is 2.84. The number of carbonyl (C=O) groups is 2. The number of carbonyl (C=O) groups excluding carboxylic acids is 2. The zero-order valence-corrected chi connectivity index (χ0v) is 13.5. The third-order valence-corrected chi connectivity index (χ3v) is 3.63. The van der Waals surface area contributed by atoms with Gasteiger partial charge in [-0.15, -0.1) is 0 Å². The van der Waals surface area contributed by atoms with Crippen LogP contribution in [0, 0.1) is 0 Å². The number of rotatable bonds is 7. The summed E-state index contributed by atoms with van der Waals surface area (Å²) in [5, 5.41) is 2.89. The summed E-state index contributed by atoms with van der Waals surface area (Å²) >= 11 is 0. The van der Waals surface area contributed by atoms with E-state index in [4.69, 9.17) is 4.42 Å². The van der Waals surface area contributed by atoms with Crippen LogP contribution in [0.15, 0.2) is 53.3 Å². The Morgan fingerprint density at radius 2 is 1.96 bits per heavy atom. The summed E-state index contributed by atoms with van der Waals surface area (Å²) in [6, 6.07) is 11.3. The fourth-order valence-corrected chi connectivity index (χ4v) is 2.17. The van der Waals surface area contributed by atoms with Crippen molar-refractivity contribution in [2.24, 2.45) is 0 Å². The van der Waals surface area contributed by atoms with E-state index in [-0.39, 0.29) is 24.4 Å². The molecule has 2 aromatic rings. The number of amides is 2. The maximum absolute atomic E-state index is 12.6. The van der Waals surface area contributed by atoms with Crippen molar-refractivity contribution in [2.45, 2.75) is 32.9 Å². The van der Waals surface area contributed by atoms with Crippen LogP contribution in [-0.2, 0) is 11.3 Å². The van der Waals surface area contributed by atoms with Gasteiger partial charge >= 0.3 is 0 Å². The van der Waals surface area contributed by atoms with Crippen molar-refractivity contribution in [2.75, 3.05) is 6.54 Å². The molecule has 5 nitrogen and oxygen atoms in total. The van der Waals surface area contributed by atoms with Crippen molar-refractivity contribution in [3.63, 3.8) is 0 Å². The van der Waals surface area contributed by atoms with Gasteiger partial charge in [-0.3, -0.25) is 9.59 Å². The zero-order chi connectivity index (χ0) is 16.7. The summed E-state index contributed by atoms with van der Waals surface area (Å²) in [6.07, 6.45) is 3.69. The van der Waals surface area contributed by atoms with Gasteiger partial charge in [0.05, 0.1) is 11.8 Å². The number of furan rings is 1. The first-order valence-corrected chi connectivity index (χ1v) is 7.75. The first-order chi connectivity index (χ1) is 11.1. The van der Waals surface area contributed by atoms with Crippen LogP contribution < -0.4 is 5.32 Å². The molecule has 0 saturated carbocycles. The minimum absolute atomic E-state index is 0.0171. The van der Waals surface area contributed by atoms with Crippen LogP contribution in [0.2, 0.25) is 0 Å². The number of nitrogens with zero attached hydrogens (tertiary/aromatic N) is 1. The largest absolute Gasteiger partial charge is 0.472 e. The molecule has 0 spiro atoms. The van der Waals surface area contributed by atoms with Gasteiger partial charge in [-0.1, -0.05) is 37.3 Å². The summed E-state index contributed by atoms with van der Waals surface area (Å²) in [4.78, 5) is 26.3. The predicted molar refractivity (Wildman–Crippen MR) is 87.8 cm³/mol. The minimum atomic E-state index is -0.220. The van der Waals surface area contributed by atoms with Crippen LogP contribution in [0.4, 0.5) is 0 Å². The highest BCUT2D eigenvalue weighted by atomic mass is 16.3. The van der Waals surface area contributed by atoms with Crippen LogP contribution in [0.3, 0.4) is 0 Å². The van der Waals surface area contributed by atoms with Crippen molar-refractivity contribution in [1.29, 1.82) is 0 Å². The first-order valence-electron chi connectivity index (χ1n) is 7.75. The van der Waals surface area contributed by atoms with E-state index in [1.807, 2.05) is 44.2 Å². The average Bonchev–Trinajstić information content (AvgIpc) is 3.08. The summed E-state index contributed by atoms with van der Waals surface area (Å²) in [5.74, 6) is -0.381. The molecular formula is C18H22N2O3. The van der Waals surface area contributed by atoms with Crippen molar-refractivity contribution >= 4 is 11.8 Å². The Hall–Kier alpha value is -2.56. The lowest BCUT2D eigenvalue weighted by Crippen LogP contribution is -2.43. The fourth-order valence-electron chi connectivity index (χ4n) is 2.17. The van der Waals surface area contributed by atoms with Gasteiger partial charge in [-0.05, 0) is 25.0 Å². The van der Waals surface area contributed by atoms with E-state index in [0.717, 1.165) is 12.0 Å². The normalized spacial score (nSPS) is 11.7. The molecule has 2 rings (SSSR count). The summed E-state index contributed by atoms with van der Waals surface area (Å²) in [6.45, 7) is 4.34. The molecule has 2 amide bonds. The Kier molecular flexibility index (Phi) is 5.97. The van der Waals surface area contributed by atoms with E-state index in [2.05, 4.69) is 5.32 Å². The standard InChI is InChI=1S/C18H22N2O3/c1-3-14(2)19-17(21)12-20(11-15-7-5-4-6-8-15)18(22)16-9-10-23-13-16/h4-10,13-14H,3,11-12H2,1-2H3,(H,19,21).